The zero-order valence-electron chi connectivity index (χ0n) is 12.7. The Balaban J connectivity index is 1.58. The van der Waals surface area contributed by atoms with E-state index in [0.29, 0.717) is 16.4 Å². The van der Waals surface area contributed by atoms with E-state index >= 15 is 0 Å². The van der Waals surface area contributed by atoms with Crippen LogP contribution < -0.4 is 5.32 Å². The average molecular weight is 330 g/mol. The van der Waals surface area contributed by atoms with Crippen molar-refractivity contribution >= 4 is 28.5 Å². The summed E-state index contributed by atoms with van der Waals surface area (Å²) >= 11 is 6.15. The number of nitrogens with one attached hydrogen (secondary N) is 1. The monoisotopic (exact) mass is 329 g/mol. The summed E-state index contributed by atoms with van der Waals surface area (Å²) < 4.78 is 7.80. The quantitative estimate of drug-likeness (QED) is 0.784. The zero-order valence-corrected chi connectivity index (χ0v) is 13.4. The second-order valence-corrected chi connectivity index (χ2v) is 6.28. The van der Waals surface area contributed by atoms with Crippen molar-refractivity contribution in [3.63, 3.8) is 0 Å². The van der Waals surface area contributed by atoms with Gasteiger partial charge in [0.25, 0.3) is 5.91 Å². The van der Waals surface area contributed by atoms with Crippen LogP contribution in [0.15, 0.2) is 35.0 Å². The molecule has 0 unspecified atom stereocenters. The van der Waals surface area contributed by atoms with E-state index in [1.54, 1.807) is 12.3 Å². The number of hydrogen-bond donors (Lipinski definition) is 1. The number of benzene rings is 1. The van der Waals surface area contributed by atoms with Crippen LogP contribution in [0, 0.1) is 6.92 Å². The summed E-state index contributed by atoms with van der Waals surface area (Å²) in [6.07, 6.45) is 5.48. The molecule has 1 aliphatic heterocycles. The van der Waals surface area contributed by atoms with Crippen molar-refractivity contribution in [3.05, 3.63) is 52.8 Å². The summed E-state index contributed by atoms with van der Waals surface area (Å²) in [5.74, 6) is 1.22. The van der Waals surface area contributed by atoms with E-state index in [1.807, 2.05) is 25.3 Å². The molecule has 0 spiro atoms. The molecule has 1 aliphatic rings. The van der Waals surface area contributed by atoms with E-state index in [9.17, 15) is 4.79 Å². The van der Waals surface area contributed by atoms with E-state index in [2.05, 4.69) is 14.9 Å². The molecule has 0 fully saturated rings. The van der Waals surface area contributed by atoms with Gasteiger partial charge < -0.3 is 14.3 Å². The fourth-order valence-corrected chi connectivity index (χ4v) is 3.37. The lowest BCUT2D eigenvalue weighted by Gasteiger charge is -2.24. The van der Waals surface area contributed by atoms with Gasteiger partial charge in [0.05, 0.1) is 5.02 Å². The summed E-state index contributed by atoms with van der Waals surface area (Å²) in [6.45, 7) is 2.62. The molecular weight excluding hydrogens is 314 g/mol. The van der Waals surface area contributed by atoms with Crippen LogP contribution in [0.4, 0.5) is 0 Å². The van der Waals surface area contributed by atoms with Gasteiger partial charge in [-0.2, -0.15) is 0 Å². The first-order chi connectivity index (χ1) is 11.1. The van der Waals surface area contributed by atoms with Crippen LogP contribution in [0.2, 0.25) is 5.02 Å². The van der Waals surface area contributed by atoms with Crippen LogP contribution in [-0.2, 0) is 13.0 Å². The number of amides is 1. The Bertz CT molecular complexity index is 897. The number of hydrogen-bond acceptors (Lipinski definition) is 3. The third kappa shape index (κ3) is 2.41. The highest BCUT2D eigenvalue weighted by Crippen LogP contribution is 2.30. The Kier molecular flexibility index (Phi) is 3.38. The highest BCUT2D eigenvalue weighted by molar-refractivity contribution is 6.35. The molecule has 3 aromatic rings. The van der Waals surface area contributed by atoms with Gasteiger partial charge in [-0.25, -0.2) is 4.98 Å². The van der Waals surface area contributed by atoms with E-state index in [4.69, 9.17) is 16.0 Å². The number of carbonyl (C=O) groups excluding carboxylic acids is 1. The topological polar surface area (TPSA) is 60.1 Å². The fraction of sp³-hybridized carbons (Fsp3) is 0.294. The second kappa shape index (κ2) is 5.42. The number of rotatable bonds is 2. The molecule has 3 heterocycles. The minimum Gasteiger partial charge on any atom is -0.449 e. The van der Waals surface area contributed by atoms with E-state index in [0.717, 1.165) is 36.2 Å². The number of fused-ring (bicyclic) bond motifs is 2. The number of halogens is 1. The molecule has 4 rings (SSSR count). The Morgan fingerprint density at radius 1 is 1.48 bits per heavy atom. The van der Waals surface area contributed by atoms with Crippen LogP contribution in [-0.4, -0.2) is 21.5 Å². The second-order valence-electron chi connectivity index (χ2n) is 5.88. The van der Waals surface area contributed by atoms with Crippen LogP contribution in [0.5, 0.6) is 0 Å². The number of aromatic nitrogens is 2. The predicted molar refractivity (Wildman–Crippen MR) is 87.8 cm³/mol. The standard InChI is InChI=1S/C17H16ClN3O2/c1-10-12-3-2-4-13(18)16(12)23-15(10)17(22)20-11-5-6-14-19-7-8-21(14)9-11/h2-4,7-8,11H,5-6,9H2,1H3,(H,20,22)/t11-/m0/s1. The number of para-hydroxylation sites is 1. The Labute approximate surface area is 138 Å². The van der Waals surface area contributed by atoms with Crippen molar-refractivity contribution in [2.45, 2.75) is 32.4 Å². The molecule has 23 heavy (non-hydrogen) atoms. The smallest absolute Gasteiger partial charge is 0.287 e. The third-order valence-corrected chi connectivity index (χ3v) is 4.69. The van der Waals surface area contributed by atoms with Crippen LogP contribution in [0.3, 0.4) is 0 Å². The molecule has 1 atom stereocenters. The highest BCUT2D eigenvalue weighted by Gasteiger charge is 2.24. The first-order valence-electron chi connectivity index (χ1n) is 7.62. The number of imidazole rings is 1. The lowest BCUT2D eigenvalue weighted by molar-refractivity contribution is 0.0900. The summed E-state index contributed by atoms with van der Waals surface area (Å²) in [7, 11) is 0. The van der Waals surface area contributed by atoms with E-state index < -0.39 is 0 Å². The fourth-order valence-electron chi connectivity index (χ4n) is 3.16. The van der Waals surface area contributed by atoms with Crippen molar-refractivity contribution in [3.8, 4) is 0 Å². The van der Waals surface area contributed by atoms with E-state index in [1.165, 1.54) is 0 Å². The highest BCUT2D eigenvalue weighted by atomic mass is 35.5. The van der Waals surface area contributed by atoms with Gasteiger partial charge in [-0.1, -0.05) is 23.7 Å². The molecule has 5 nitrogen and oxygen atoms in total. The van der Waals surface area contributed by atoms with Gasteiger partial charge >= 0.3 is 0 Å². The van der Waals surface area contributed by atoms with Gasteiger partial charge in [-0.3, -0.25) is 4.79 Å². The van der Waals surface area contributed by atoms with Crippen molar-refractivity contribution in [2.24, 2.45) is 0 Å². The lowest BCUT2D eigenvalue weighted by atomic mass is 10.1. The molecule has 0 bridgehead atoms. The lowest BCUT2D eigenvalue weighted by Crippen LogP contribution is -2.40. The Hall–Kier alpha value is -2.27. The molecule has 0 aliphatic carbocycles. The van der Waals surface area contributed by atoms with Gasteiger partial charge in [-0.15, -0.1) is 0 Å². The third-order valence-electron chi connectivity index (χ3n) is 4.39. The van der Waals surface area contributed by atoms with Crippen LogP contribution in [0.25, 0.3) is 11.0 Å². The Morgan fingerprint density at radius 2 is 2.35 bits per heavy atom. The van der Waals surface area contributed by atoms with Gasteiger partial charge in [0.1, 0.15) is 5.82 Å². The molecule has 0 saturated heterocycles. The van der Waals surface area contributed by atoms with Crippen LogP contribution >= 0.6 is 11.6 Å². The maximum Gasteiger partial charge on any atom is 0.287 e. The van der Waals surface area contributed by atoms with Gasteiger partial charge in [0.15, 0.2) is 11.3 Å². The summed E-state index contributed by atoms with van der Waals surface area (Å²) in [5, 5.41) is 4.46. The Morgan fingerprint density at radius 3 is 3.17 bits per heavy atom. The maximum atomic E-state index is 12.6. The molecule has 6 heteroatoms. The molecule has 0 saturated carbocycles. The molecule has 1 aromatic carbocycles. The van der Waals surface area contributed by atoms with Crippen molar-refractivity contribution in [2.75, 3.05) is 0 Å². The SMILES string of the molecule is Cc1c(C(=O)N[C@H]2CCc3nccn3C2)oc2c(Cl)cccc12. The van der Waals surface area contributed by atoms with E-state index in [-0.39, 0.29) is 11.9 Å². The predicted octanol–water partition coefficient (Wildman–Crippen LogP) is 3.34. The average Bonchev–Trinajstić information content (AvgIpc) is 3.13. The van der Waals surface area contributed by atoms with Crippen LogP contribution in [0.1, 0.15) is 28.4 Å². The number of furan rings is 1. The number of carbonyl (C=O) groups is 1. The summed E-state index contributed by atoms with van der Waals surface area (Å²) in [4.78, 5) is 16.9. The van der Waals surface area contributed by atoms with Gasteiger partial charge in [0.2, 0.25) is 0 Å². The largest absolute Gasteiger partial charge is 0.449 e. The minimum absolute atomic E-state index is 0.0762. The van der Waals surface area contributed by atoms with Crippen molar-refractivity contribution in [1.29, 1.82) is 0 Å². The number of nitrogens with zero attached hydrogens (tertiary/aromatic N) is 2. The first-order valence-corrected chi connectivity index (χ1v) is 8.00. The zero-order chi connectivity index (χ0) is 16.0. The normalized spacial score (nSPS) is 17.2. The maximum absolute atomic E-state index is 12.6. The first kappa shape index (κ1) is 14.3. The molecule has 0 radical (unpaired) electrons. The molecule has 1 N–H and O–H groups in total. The van der Waals surface area contributed by atoms with Gasteiger partial charge in [0, 0.05) is 42.4 Å². The summed E-state index contributed by atoms with van der Waals surface area (Å²) in [5.41, 5.74) is 1.39. The summed E-state index contributed by atoms with van der Waals surface area (Å²) in [6, 6.07) is 5.61. The van der Waals surface area contributed by atoms with Crippen molar-refractivity contribution in [1.82, 2.24) is 14.9 Å². The molecule has 1 amide bonds. The van der Waals surface area contributed by atoms with Crippen molar-refractivity contribution < 1.29 is 9.21 Å². The molecular formula is C17H16ClN3O2. The molecule has 118 valence electrons. The minimum atomic E-state index is -0.191. The number of aryl methyl sites for hydroxylation is 2. The van der Waals surface area contributed by atoms with Gasteiger partial charge in [-0.05, 0) is 19.4 Å². The molecule has 2 aromatic heterocycles.